The average Bonchev–Trinajstić information content (AvgIpc) is 2.71. The Morgan fingerprint density at radius 1 is 1.44 bits per heavy atom. The second-order valence-corrected chi connectivity index (χ2v) is 3.96. The van der Waals surface area contributed by atoms with Gasteiger partial charge in [0, 0.05) is 24.2 Å². The normalized spacial score (nSPS) is 10.6. The highest BCUT2D eigenvalue weighted by molar-refractivity contribution is 5.61. The van der Waals surface area contributed by atoms with Crippen LogP contribution in [0.25, 0.3) is 11.4 Å². The molecular weight excluding hydrogens is 234 g/mol. The zero-order valence-electron chi connectivity index (χ0n) is 10.1. The van der Waals surface area contributed by atoms with Gasteiger partial charge in [-0.3, -0.25) is 10.1 Å². The van der Waals surface area contributed by atoms with Gasteiger partial charge in [0.25, 0.3) is 5.69 Å². The molecule has 7 nitrogen and oxygen atoms in total. The van der Waals surface area contributed by atoms with Gasteiger partial charge in [0.2, 0.25) is 0 Å². The van der Waals surface area contributed by atoms with Crippen molar-refractivity contribution in [1.29, 1.82) is 0 Å². The number of nitro benzene ring substituents is 1. The van der Waals surface area contributed by atoms with Gasteiger partial charge in [-0.05, 0) is 6.92 Å². The highest BCUT2D eigenvalue weighted by Crippen LogP contribution is 2.25. The number of benzene rings is 1. The van der Waals surface area contributed by atoms with Crippen molar-refractivity contribution in [1.82, 2.24) is 14.8 Å². The van der Waals surface area contributed by atoms with E-state index in [1.54, 1.807) is 30.7 Å². The zero-order chi connectivity index (χ0) is 13.3. The molecule has 1 aromatic carbocycles. The summed E-state index contributed by atoms with van der Waals surface area (Å²) in [5.41, 5.74) is 6.86. The van der Waals surface area contributed by atoms with Crippen molar-refractivity contribution < 1.29 is 4.92 Å². The van der Waals surface area contributed by atoms with Gasteiger partial charge >= 0.3 is 0 Å². The van der Waals surface area contributed by atoms with Crippen LogP contribution in [-0.4, -0.2) is 19.7 Å². The summed E-state index contributed by atoms with van der Waals surface area (Å²) in [7, 11) is 1.78. The van der Waals surface area contributed by atoms with Crippen LogP contribution in [0.15, 0.2) is 18.2 Å². The smallest absolute Gasteiger partial charge is 0.273 e. The van der Waals surface area contributed by atoms with Crippen molar-refractivity contribution in [2.45, 2.75) is 13.5 Å². The van der Waals surface area contributed by atoms with Crippen LogP contribution in [-0.2, 0) is 13.6 Å². The molecule has 0 fully saturated rings. The fourth-order valence-electron chi connectivity index (χ4n) is 1.74. The van der Waals surface area contributed by atoms with Crippen molar-refractivity contribution in [3.63, 3.8) is 0 Å². The first kappa shape index (κ1) is 12.2. The molecule has 0 bridgehead atoms. The van der Waals surface area contributed by atoms with Crippen LogP contribution >= 0.6 is 0 Å². The number of hydrogen-bond acceptors (Lipinski definition) is 5. The first-order valence-electron chi connectivity index (χ1n) is 5.38. The van der Waals surface area contributed by atoms with E-state index in [4.69, 9.17) is 5.73 Å². The van der Waals surface area contributed by atoms with Gasteiger partial charge in [0.15, 0.2) is 5.82 Å². The van der Waals surface area contributed by atoms with Crippen LogP contribution < -0.4 is 5.73 Å². The molecule has 0 radical (unpaired) electrons. The highest BCUT2D eigenvalue weighted by Gasteiger charge is 2.15. The quantitative estimate of drug-likeness (QED) is 0.648. The molecule has 18 heavy (non-hydrogen) atoms. The van der Waals surface area contributed by atoms with E-state index >= 15 is 0 Å². The van der Waals surface area contributed by atoms with Gasteiger partial charge < -0.3 is 10.3 Å². The highest BCUT2D eigenvalue weighted by atomic mass is 16.6. The minimum atomic E-state index is -0.404. The maximum Gasteiger partial charge on any atom is 0.273 e. The molecular formula is C11H13N5O2. The third-order valence-corrected chi connectivity index (χ3v) is 2.81. The molecule has 0 unspecified atom stereocenters. The fourth-order valence-corrected chi connectivity index (χ4v) is 1.74. The Morgan fingerprint density at radius 3 is 2.72 bits per heavy atom. The summed E-state index contributed by atoms with van der Waals surface area (Å²) in [5, 5.41) is 18.8. The van der Waals surface area contributed by atoms with Crippen LogP contribution in [0.2, 0.25) is 0 Å². The van der Waals surface area contributed by atoms with Crippen molar-refractivity contribution in [2.24, 2.45) is 12.8 Å². The molecule has 94 valence electrons. The van der Waals surface area contributed by atoms with Crippen LogP contribution in [0, 0.1) is 17.0 Å². The van der Waals surface area contributed by atoms with Gasteiger partial charge in [-0.15, -0.1) is 10.2 Å². The van der Waals surface area contributed by atoms with E-state index in [2.05, 4.69) is 10.2 Å². The maximum atomic E-state index is 10.9. The van der Waals surface area contributed by atoms with Crippen LogP contribution in [0.1, 0.15) is 11.4 Å². The molecule has 0 saturated carbocycles. The lowest BCUT2D eigenvalue weighted by Crippen LogP contribution is -2.05. The molecule has 0 aliphatic rings. The monoisotopic (exact) mass is 247 g/mol. The van der Waals surface area contributed by atoms with E-state index < -0.39 is 4.92 Å². The first-order chi connectivity index (χ1) is 8.54. The van der Waals surface area contributed by atoms with Gasteiger partial charge in [0.05, 0.1) is 11.5 Å². The minimum Gasteiger partial charge on any atom is -0.324 e. The summed E-state index contributed by atoms with van der Waals surface area (Å²) < 4.78 is 1.73. The molecule has 0 aliphatic heterocycles. The summed E-state index contributed by atoms with van der Waals surface area (Å²) in [5.74, 6) is 1.20. The topological polar surface area (TPSA) is 99.9 Å². The Bertz CT molecular complexity index is 605. The lowest BCUT2D eigenvalue weighted by atomic mass is 10.1. The number of hydrogen-bond donors (Lipinski definition) is 1. The number of aromatic nitrogens is 3. The molecule has 7 heteroatoms. The third-order valence-electron chi connectivity index (χ3n) is 2.81. The number of nitrogens with zero attached hydrogens (tertiary/aromatic N) is 4. The molecule has 1 aromatic heterocycles. The lowest BCUT2D eigenvalue weighted by Gasteiger charge is -2.04. The molecule has 0 aliphatic carbocycles. The summed E-state index contributed by atoms with van der Waals surface area (Å²) >= 11 is 0. The number of nitrogens with two attached hydrogens (primary N) is 1. The van der Waals surface area contributed by atoms with E-state index in [1.807, 2.05) is 0 Å². The summed E-state index contributed by atoms with van der Waals surface area (Å²) in [6, 6.07) is 4.98. The van der Waals surface area contributed by atoms with Crippen LogP contribution in [0.4, 0.5) is 5.69 Å². The van der Waals surface area contributed by atoms with Crippen molar-refractivity contribution >= 4 is 5.69 Å². The number of aryl methyl sites for hydroxylation is 1. The van der Waals surface area contributed by atoms with Crippen molar-refractivity contribution in [3.8, 4) is 11.4 Å². The van der Waals surface area contributed by atoms with E-state index in [1.165, 1.54) is 6.07 Å². The molecule has 0 spiro atoms. The molecule has 2 rings (SSSR count). The second-order valence-electron chi connectivity index (χ2n) is 3.96. The van der Waals surface area contributed by atoms with Gasteiger partial charge in [0.1, 0.15) is 5.82 Å². The molecule has 0 saturated heterocycles. The molecule has 0 atom stereocenters. The van der Waals surface area contributed by atoms with E-state index in [0.717, 1.165) is 0 Å². The standard InChI is InChI=1S/C11H13N5O2/c1-7-3-4-8(5-9(7)16(17)18)11-14-13-10(6-12)15(11)2/h3-5H,6,12H2,1-2H3. The Morgan fingerprint density at radius 2 is 2.17 bits per heavy atom. The van der Waals surface area contributed by atoms with E-state index in [-0.39, 0.29) is 12.2 Å². The lowest BCUT2D eigenvalue weighted by molar-refractivity contribution is -0.385. The number of rotatable bonds is 3. The maximum absolute atomic E-state index is 10.9. The predicted octanol–water partition coefficient (Wildman–Crippen LogP) is 1.16. The molecule has 1 heterocycles. The fraction of sp³-hybridized carbons (Fsp3) is 0.273. The Hall–Kier alpha value is -2.28. The Labute approximate surface area is 103 Å². The largest absolute Gasteiger partial charge is 0.324 e. The van der Waals surface area contributed by atoms with Gasteiger partial charge in [-0.2, -0.15) is 0 Å². The van der Waals surface area contributed by atoms with Crippen LogP contribution in [0.5, 0.6) is 0 Å². The van der Waals surface area contributed by atoms with E-state index in [0.29, 0.717) is 22.8 Å². The summed E-state index contributed by atoms with van der Waals surface area (Å²) in [6.45, 7) is 1.97. The summed E-state index contributed by atoms with van der Waals surface area (Å²) in [6.07, 6.45) is 0. The molecule has 2 aromatic rings. The van der Waals surface area contributed by atoms with Crippen molar-refractivity contribution in [3.05, 3.63) is 39.7 Å². The van der Waals surface area contributed by atoms with Gasteiger partial charge in [-0.25, -0.2) is 0 Å². The second kappa shape index (κ2) is 4.53. The Kier molecular flexibility index (Phi) is 3.07. The number of nitro groups is 1. The van der Waals surface area contributed by atoms with Crippen LogP contribution in [0.3, 0.4) is 0 Å². The zero-order valence-corrected chi connectivity index (χ0v) is 10.1. The predicted molar refractivity (Wildman–Crippen MR) is 65.7 cm³/mol. The average molecular weight is 247 g/mol. The van der Waals surface area contributed by atoms with E-state index in [9.17, 15) is 10.1 Å². The molecule has 2 N–H and O–H groups in total. The SMILES string of the molecule is Cc1ccc(-c2nnc(CN)n2C)cc1[N+](=O)[O-]. The molecule has 0 amide bonds. The summed E-state index contributed by atoms with van der Waals surface area (Å²) in [4.78, 5) is 10.5. The van der Waals surface area contributed by atoms with Gasteiger partial charge in [-0.1, -0.05) is 12.1 Å². The Balaban J connectivity index is 2.54. The minimum absolute atomic E-state index is 0.0739. The van der Waals surface area contributed by atoms with Crippen molar-refractivity contribution in [2.75, 3.05) is 0 Å². The first-order valence-corrected chi connectivity index (χ1v) is 5.38. The third kappa shape index (κ3) is 1.95.